The van der Waals surface area contributed by atoms with E-state index in [4.69, 9.17) is 18.6 Å². The van der Waals surface area contributed by atoms with Crippen LogP contribution in [0.1, 0.15) is 155 Å². The normalized spacial score (nSPS) is 16.4. The largest absolute Gasteiger partial charge is 0.415 e. The number of hydrogen-bond donors (Lipinski definition) is 4. The van der Waals surface area contributed by atoms with Gasteiger partial charge in [0, 0.05) is 98.0 Å². The van der Waals surface area contributed by atoms with Crippen LogP contribution in [-0.4, -0.2) is 140 Å². The molecule has 3 aromatic rings. The Balaban J connectivity index is 0.000000559. The number of carbonyl (C=O) groups is 5. The van der Waals surface area contributed by atoms with E-state index in [1.165, 1.54) is 63.8 Å². The number of urea groups is 1. The molecular formula is C60H95N7O9S3Si. The van der Waals surface area contributed by atoms with E-state index in [0.717, 1.165) is 64.6 Å². The number of carbonyl (C=O) groups excluding carboxylic acids is 5. The summed E-state index contributed by atoms with van der Waals surface area (Å²) < 4.78 is 22.9. The van der Waals surface area contributed by atoms with Crippen LogP contribution in [0.5, 0.6) is 0 Å². The van der Waals surface area contributed by atoms with E-state index in [2.05, 4.69) is 65.2 Å². The van der Waals surface area contributed by atoms with Crippen LogP contribution in [0.2, 0.25) is 19.1 Å². The summed E-state index contributed by atoms with van der Waals surface area (Å²) in [6.45, 7) is 15.0. The third-order valence-corrected chi connectivity index (χ3v) is 20.9. The van der Waals surface area contributed by atoms with Crippen LogP contribution in [0.4, 0.5) is 10.5 Å². The molecule has 3 aliphatic heterocycles. The number of thioether (sulfide) groups is 1. The van der Waals surface area contributed by atoms with E-state index in [1.54, 1.807) is 26.5 Å². The fourth-order valence-electron chi connectivity index (χ4n) is 10.2. The lowest BCUT2D eigenvalue weighted by Crippen LogP contribution is -2.36. The number of anilines is 1. The highest BCUT2D eigenvalue weighted by atomic mass is 33.1. The summed E-state index contributed by atoms with van der Waals surface area (Å²) in [5.74, 6) is 2.72. The van der Waals surface area contributed by atoms with Crippen LogP contribution >= 0.6 is 33.3 Å². The lowest BCUT2D eigenvalue weighted by atomic mass is 9.95. The number of rotatable bonds is 41. The molecule has 0 radical (unpaired) electrons. The van der Waals surface area contributed by atoms with Gasteiger partial charge in [0.1, 0.15) is 23.0 Å². The number of amides is 4. The number of aromatic nitrogens is 3. The molecule has 0 bridgehead atoms. The molecule has 4 amide bonds. The molecule has 2 saturated heterocycles. The van der Waals surface area contributed by atoms with Gasteiger partial charge in [0.05, 0.1) is 50.7 Å². The van der Waals surface area contributed by atoms with Crippen molar-refractivity contribution in [2.24, 2.45) is 0 Å². The SMILES string of the molecule is CCCCCCCCCCC[Si](C)(C)OC(C)C.O=C(CCCOCCOCCOCCCC(=O)CCC(=O)N1Cc2ccccc2-c2n[nH]nc2-c2ccccc21)CCSSCCNC(=O)CCCC[C@@H]1SC[C@@H]2NC(=O)N[C@@H]21. The number of nitrogens with zero attached hydrogens (tertiary/aromatic N) is 3. The lowest BCUT2D eigenvalue weighted by Gasteiger charge is -2.28. The van der Waals surface area contributed by atoms with Crippen LogP contribution in [0.25, 0.3) is 22.5 Å². The molecule has 3 atom stereocenters. The summed E-state index contributed by atoms with van der Waals surface area (Å²) in [5.41, 5.74) is 4.88. The van der Waals surface area contributed by atoms with Gasteiger partial charge in [-0.2, -0.15) is 27.2 Å². The first kappa shape index (κ1) is 67.0. The maximum atomic E-state index is 13.6. The Morgan fingerprint density at radius 3 is 2.01 bits per heavy atom. The fourth-order valence-corrected chi connectivity index (χ4v) is 16.2. The topological polar surface area (TPSA) is 203 Å². The third-order valence-electron chi connectivity index (χ3n) is 14.3. The van der Waals surface area contributed by atoms with Crippen molar-refractivity contribution in [2.45, 2.75) is 198 Å². The van der Waals surface area contributed by atoms with Crippen molar-refractivity contribution in [1.29, 1.82) is 0 Å². The number of aromatic amines is 1. The van der Waals surface area contributed by atoms with Crippen molar-refractivity contribution < 1.29 is 42.6 Å². The number of ether oxygens (including phenoxy) is 3. The van der Waals surface area contributed by atoms with Gasteiger partial charge < -0.3 is 39.5 Å². The van der Waals surface area contributed by atoms with Crippen LogP contribution < -0.4 is 20.9 Å². The number of ketones is 2. The molecule has 4 N–H and O–H groups in total. The molecular weight excluding hydrogens is 1090 g/mol. The predicted molar refractivity (Wildman–Crippen MR) is 331 cm³/mol. The first-order valence-electron chi connectivity index (χ1n) is 29.9. The highest BCUT2D eigenvalue weighted by Crippen LogP contribution is 2.40. The Morgan fingerprint density at radius 2 is 1.31 bits per heavy atom. The van der Waals surface area contributed by atoms with Crippen LogP contribution in [0.15, 0.2) is 48.5 Å². The number of fused-ring (bicyclic) bond motifs is 6. The smallest absolute Gasteiger partial charge is 0.315 e. The standard InChI is InChI=1S/C44H59N7O8S3.C16H36OSi/c52-32(17-18-40(55)51-29-31-9-1-2-12-34(31)41-42(49-50-48-41)35-13-3-4-14-37(35)51)10-7-21-57-23-25-59-26-24-58-22-8-11-33(53)19-27-61-62-28-20-45-39(54)16-6-5-15-38-43-36(30-60-38)46-44(56)47-43;1-6-7-8-9-10-11-12-13-14-15-18(4,5)17-16(2)3/h1-4,9,12-14,36,38,43H,5-8,10-11,15-30H2,(H,45,54)(H2,46,47,56)(H,48,49,50);16H,6-15H2,1-5H3/t36-,38-,43-;/m0./s1. The van der Waals surface area contributed by atoms with E-state index < -0.39 is 8.32 Å². The van der Waals surface area contributed by atoms with Crippen LogP contribution in [0, 0.1) is 0 Å². The Bertz CT molecular complexity index is 2290. The number of unbranched alkanes of at least 4 members (excludes halogenated alkanes) is 9. The fraction of sp³-hybridized carbons (Fsp3) is 0.683. The number of hydrogen-bond acceptors (Lipinski definition) is 14. The Kier molecular flexibility index (Phi) is 32.6. The van der Waals surface area contributed by atoms with Gasteiger partial charge in [0.25, 0.3) is 0 Å². The number of Topliss-reactive ketones (excluding diaryl/α,β-unsaturated/α-hetero) is 2. The lowest BCUT2D eigenvalue weighted by molar-refractivity contribution is -0.124. The molecule has 3 aliphatic rings. The van der Waals surface area contributed by atoms with Crippen LogP contribution in [0.3, 0.4) is 0 Å². The Labute approximate surface area is 491 Å². The van der Waals surface area contributed by atoms with Crippen LogP contribution in [-0.2, 0) is 44.4 Å². The molecule has 0 aliphatic carbocycles. The third kappa shape index (κ3) is 25.8. The molecule has 80 heavy (non-hydrogen) atoms. The van der Waals surface area contributed by atoms with Gasteiger partial charge >= 0.3 is 6.03 Å². The highest BCUT2D eigenvalue weighted by Gasteiger charge is 2.42. The summed E-state index contributed by atoms with van der Waals surface area (Å²) in [4.78, 5) is 63.9. The summed E-state index contributed by atoms with van der Waals surface area (Å²) in [7, 11) is 1.98. The van der Waals surface area contributed by atoms with Gasteiger partial charge in [0.15, 0.2) is 8.32 Å². The zero-order valence-electron chi connectivity index (χ0n) is 48.8. The first-order valence-corrected chi connectivity index (χ1v) is 36.5. The maximum Gasteiger partial charge on any atom is 0.315 e. The molecule has 0 unspecified atom stereocenters. The molecule has 1 aromatic heterocycles. The van der Waals surface area contributed by atoms with Crippen molar-refractivity contribution in [3.8, 4) is 22.5 Å². The molecule has 0 saturated carbocycles. The van der Waals surface area contributed by atoms with E-state index >= 15 is 0 Å². The summed E-state index contributed by atoms with van der Waals surface area (Å²) >= 11 is 1.90. The van der Waals surface area contributed by atoms with Gasteiger partial charge in [-0.15, -0.1) is 0 Å². The highest BCUT2D eigenvalue weighted by molar-refractivity contribution is 8.76. The van der Waals surface area contributed by atoms with Gasteiger partial charge in [-0.05, 0) is 70.3 Å². The van der Waals surface area contributed by atoms with Crippen molar-refractivity contribution >= 4 is 76.8 Å². The second kappa shape index (κ2) is 38.9. The van der Waals surface area contributed by atoms with E-state index in [-0.39, 0.29) is 54.3 Å². The second-order valence-corrected chi connectivity index (χ2v) is 30.1. The van der Waals surface area contributed by atoms with Gasteiger partial charge in [-0.25, -0.2) is 4.79 Å². The minimum atomic E-state index is -1.35. The van der Waals surface area contributed by atoms with Crippen molar-refractivity contribution in [2.75, 3.05) is 68.3 Å². The number of nitrogens with one attached hydrogen (secondary N) is 4. The zero-order valence-corrected chi connectivity index (χ0v) is 52.2. The minimum Gasteiger partial charge on any atom is -0.415 e. The second-order valence-electron chi connectivity index (χ2n) is 21.9. The van der Waals surface area contributed by atoms with E-state index in [1.807, 2.05) is 60.3 Å². The monoisotopic (exact) mass is 1180 g/mol. The van der Waals surface area contributed by atoms with Gasteiger partial charge in [-0.3, -0.25) is 19.2 Å². The molecule has 16 nitrogen and oxygen atoms in total. The number of para-hydroxylation sites is 1. The van der Waals surface area contributed by atoms with Crippen molar-refractivity contribution in [3.63, 3.8) is 0 Å². The Hall–Kier alpha value is -3.76. The van der Waals surface area contributed by atoms with Crippen molar-refractivity contribution in [1.82, 2.24) is 31.4 Å². The van der Waals surface area contributed by atoms with Crippen molar-refractivity contribution in [3.05, 3.63) is 54.1 Å². The zero-order chi connectivity index (χ0) is 57.2. The average molecular weight is 1180 g/mol. The molecule has 0 spiro atoms. The van der Waals surface area contributed by atoms with Gasteiger partial charge in [0.2, 0.25) is 11.8 Å². The molecule has 446 valence electrons. The molecule has 6 rings (SSSR count). The van der Waals surface area contributed by atoms with E-state index in [0.29, 0.717) is 108 Å². The summed E-state index contributed by atoms with van der Waals surface area (Å²) in [5, 5.41) is 20.9. The molecule has 2 aromatic carbocycles. The minimum absolute atomic E-state index is 0.0279. The first-order chi connectivity index (χ1) is 38.8. The summed E-state index contributed by atoms with van der Waals surface area (Å²) in [6, 6.07) is 17.2. The Morgan fingerprint density at radius 1 is 0.700 bits per heavy atom. The number of H-pyrrole nitrogens is 1. The molecule has 4 heterocycles. The molecule has 20 heteroatoms. The quantitative estimate of drug-likeness (QED) is 0.0181. The maximum absolute atomic E-state index is 13.6. The number of benzene rings is 2. The van der Waals surface area contributed by atoms with Gasteiger partial charge in [-0.1, -0.05) is 135 Å². The average Bonchev–Trinajstić information content (AvgIpc) is 4.17. The molecule has 2 fully saturated rings. The predicted octanol–water partition coefficient (Wildman–Crippen LogP) is 12.3. The summed E-state index contributed by atoms with van der Waals surface area (Å²) in [6.07, 6.45) is 19.4. The van der Waals surface area contributed by atoms with E-state index in [9.17, 15) is 24.0 Å².